The van der Waals surface area contributed by atoms with Crippen molar-refractivity contribution in [2.24, 2.45) is 7.05 Å². The first kappa shape index (κ1) is 12.0. The molecule has 0 spiro atoms. The highest BCUT2D eigenvalue weighted by molar-refractivity contribution is 9.10. The second-order valence-corrected chi connectivity index (χ2v) is 4.80. The maximum atomic E-state index is 10.6. The maximum absolute atomic E-state index is 10.6. The van der Waals surface area contributed by atoms with Gasteiger partial charge in [0.25, 0.3) is 0 Å². The zero-order valence-corrected chi connectivity index (χ0v) is 11.2. The number of aryl methyl sites for hydroxylation is 3. The van der Waals surface area contributed by atoms with Crippen molar-refractivity contribution < 1.29 is 9.90 Å². The number of fused-ring (bicyclic) bond motifs is 1. The fraction of sp³-hybridized carbons (Fsp3) is 0.364. The van der Waals surface area contributed by atoms with E-state index in [2.05, 4.69) is 26.2 Å². The Hall–Kier alpha value is -1.43. The van der Waals surface area contributed by atoms with Crippen molar-refractivity contribution >= 4 is 32.9 Å². The summed E-state index contributed by atoms with van der Waals surface area (Å²) in [4.78, 5) is 10.6. The van der Waals surface area contributed by atoms with Gasteiger partial charge in [0.15, 0.2) is 0 Å². The van der Waals surface area contributed by atoms with E-state index in [9.17, 15) is 4.79 Å². The first-order valence-electron chi connectivity index (χ1n) is 5.20. The molecule has 1 heterocycles. The third-order valence-electron chi connectivity index (χ3n) is 2.80. The monoisotopic (exact) mass is 297 g/mol. The molecule has 17 heavy (non-hydrogen) atoms. The molecule has 0 unspecified atom stereocenters. The van der Waals surface area contributed by atoms with Gasteiger partial charge in [0.05, 0.1) is 0 Å². The average Bonchev–Trinajstić information content (AvgIpc) is 2.64. The molecule has 0 atom stereocenters. The van der Waals surface area contributed by atoms with Crippen LogP contribution in [-0.4, -0.2) is 26.1 Å². The lowest BCUT2D eigenvalue weighted by Gasteiger charge is -2.07. The Labute approximate surface area is 107 Å². The van der Waals surface area contributed by atoms with Crippen LogP contribution < -0.4 is 0 Å². The van der Waals surface area contributed by atoms with Crippen molar-refractivity contribution in [3.8, 4) is 0 Å². The van der Waals surface area contributed by atoms with Crippen LogP contribution in [0.5, 0.6) is 0 Å². The van der Waals surface area contributed by atoms with Gasteiger partial charge in [-0.05, 0) is 46.5 Å². The predicted molar refractivity (Wildman–Crippen MR) is 66.9 cm³/mol. The highest BCUT2D eigenvalue weighted by Crippen LogP contribution is 2.28. The van der Waals surface area contributed by atoms with E-state index < -0.39 is 5.97 Å². The van der Waals surface area contributed by atoms with Gasteiger partial charge in [-0.15, -0.1) is 5.10 Å². The molecule has 2 rings (SSSR count). The lowest BCUT2D eigenvalue weighted by molar-refractivity contribution is -0.136. The molecular formula is C11H12BrN3O2. The molecule has 0 fully saturated rings. The highest BCUT2D eigenvalue weighted by Gasteiger charge is 2.13. The lowest BCUT2D eigenvalue weighted by Crippen LogP contribution is -2.00. The first-order valence-corrected chi connectivity index (χ1v) is 5.99. The summed E-state index contributed by atoms with van der Waals surface area (Å²) in [6, 6.07) is 1.95. The molecule has 0 aliphatic heterocycles. The van der Waals surface area contributed by atoms with Crippen molar-refractivity contribution in [2.45, 2.75) is 19.8 Å². The number of rotatable bonds is 3. The number of aromatic nitrogens is 3. The molecule has 1 N–H and O–H groups in total. The van der Waals surface area contributed by atoms with Crippen LogP contribution >= 0.6 is 15.9 Å². The summed E-state index contributed by atoms with van der Waals surface area (Å²) in [6.07, 6.45) is 0.630. The Morgan fingerprint density at radius 1 is 1.59 bits per heavy atom. The molecule has 1 aromatic carbocycles. The third-order valence-corrected chi connectivity index (χ3v) is 3.40. The Morgan fingerprint density at radius 2 is 2.29 bits per heavy atom. The number of hydrogen-bond donors (Lipinski definition) is 1. The third kappa shape index (κ3) is 2.17. The van der Waals surface area contributed by atoms with Crippen molar-refractivity contribution in [2.75, 3.05) is 0 Å². The molecule has 0 saturated carbocycles. The molecule has 1 aromatic heterocycles. The molecule has 0 bridgehead atoms. The van der Waals surface area contributed by atoms with E-state index in [1.165, 1.54) is 0 Å². The second kappa shape index (κ2) is 4.44. The molecule has 0 saturated heterocycles. The van der Waals surface area contributed by atoms with Crippen LogP contribution in [0.1, 0.15) is 17.5 Å². The standard InChI is InChI=1S/C11H12BrN3O2/c1-6-7(3-4-9(16)17)5-8(12)11-10(6)13-14-15(11)2/h5H,3-4H2,1-2H3,(H,16,17). The largest absolute Gasteiger partial charge is 0.481 e. The van der Waals surface area contributed by atoms with E-state index in [0.717, 1.165) is 26.6 Å². The van der Waals surface area contributed by atoms with Gasteiger partial charge in [0.1, 0.15) is 11.0 Å². The van der Waals surface area contributed by atoms with Crippen molar-refractivity contribution in [1.82, 2.24) is 15.0 Å². The number of benzene rings is 1. The summed E-state index contributed by atoms with van der Waals surface area (Å²) < 4.78 is 2.60. The Morgan fingerprint density at radius 3 is 2.94 bits per heavy atom. The molecule has 2 aromatic rings. The van der Waals surface area contributed by atoms with Crippen LogP contribution in [0.3, 0.4) is 0 Å². The number of aliphatic carboxylic acids is 1. The molecule has 0 radical (unpaired) electrons. The Balaban J connectivity index is 2.51. The van der Waals surface area contributed by atoms with Crippen LogP contribution in [0.4, 0.5) is 0 Å². The summed E-state index contributed by atoms with van der Waals surface area (Å²) in [7, 11) is 1.83. The fourth-order valence-electron chi connectivity index (χ4n) is 1.86. The van der Waals surface area contributed by atoms with Gasteiger partial charge in [0, 0.05) is 17.9 Å². The number of carbonyl (C=O) groups is 1. The minimum Gasteiger partial charge on any atom is -0.481 e. The second-order valence-electron chi connectivity index (χ2n) is 3.95. The van der Waals surface area contributed by atoms with Gasteiger partial charge in [-0.2, -0.15) is 0 Å². The number of halogens is 1. The van der Waals surface area contributed by atoms with Crippen LogP contribution in [-0.2, 0) is 18.3 Å². The lowest BCUT2D eigenvalue weighted by atomic mass is 10.0. The summed E-state index contributed by atoms with van der Waals surface area (Å²) in [5.41, 5.74) is 3.74. The molecule has 5 nitrogen and oxygen atoms in total. The molecule has 0 aliphatic rings. The van der Waals surface area contributed by atoms with Crippen molar-refractivity contribution in [1.29, 1.82) is 0 Å². The Bertz CT molecular complexity index is 592. The predicted octanol–water partition coefficient (Wildman–Crippen LogP) is 2.06. The van der Waals surface area contributed by atoms with Gasteiger partial charge < -0.3 is 5.11 Å². The van der Waals surface area contributed by atoms with Crippen molar-refractivity contribution in [3.63, 3.8) is 0 Å². The van der Waals surface area contributed by atoms with Crippen LogP contribution in [0.15, 0.2) is 10.5 Å². The summed E-state index contributed by atoms with van der Waals surface area (Å²) in [5.74, 6) is -0.792. The van der Waals surface area contributed by atoms with Crippen molar-refractivity contribution in [3.05, 3.63) is 21.7 Å². The van der Waals surface area contributed by atoms with Crippen LogP contribution in [0.25, 0.3) is 11.0 Å². The smallest absolute Gasteiger partial charge is 0.303 e. The molecule has 0 amide bonds. The fourth-order valence-corrected chi connectivity index (χ4v) is 2.58. The minimum atomic E-state index is -0.792. The minimum absolute atomic E-state index is 0.124. The van der Waals surface area contributed by atoms with E-state index in [-0.39, 0.29) is 6.42 Å². The number of hydrogen-bond acceptors (Lipinski definition) is 3. The highest BCUT2D eigenvalue weighted by atomic mass is 79.9. The van der Waals surface area contributed by atoms with E-state index in [4.69, 9.17) is 5.11 Å². The van der Waals surface area contributed by atoms with Crippen LogP contribution in [0, 0.1) is 6.92 Å². The molecule has 6 heteroatoms. The first-order chi connectivity index (χ1) is 8.00. The van der Waals surface area contributed by atoms with E-state index in [0.29, 0.717) is 6.42 Å². The summed E-state index contributed by atoms with van der Waals surface area (Å²) in [5, 5.41) is 16.8. The van der Waals surface area contributed by atoms with Gasteiger partial charge in [0.2, 0.25) is 0 Å². The number of carboxylic acids is 1. The summed E-state index contributed by atoms with van der Waals surface area (Å²) in [6.45, 7) is 1.95. The molecule has 0 aliphatic carbocycles. The van der Waals surface area contributed by atoms with Gasteiger partial charge in [-0.1, -0.05) is 5.21 Å². The number of nitrogens with zero attached hydrogens (tertiary/aromatic N) is 3. The molecular weight excluding hydrogens is 286 g/mol. The van der Waals surface area contributed by atoms with E-state index in [1.54, 1.807) is 4.68 Å². The Kier molecular flexibility index (Phi) is 3.15. The van der Waals surface area contributed by atoms with Gasteiger partial charge in [-0.25, -0.2) is 4.68 Å². The topological polar surface area (TPSA) is 68.0 Å². The number of carboxylic acid groups (broad SMARTS) is 1. The maximum Gasteiger partial charge on any atom is 0.303 e. The van der Waals surface area contributed by atoms with Gasteiger partial charge in [-0.3, -0.25) is 4.79 Å². The average molecular weight is 298 g/mol. The van der Waals surface area contributed by atoms with E-state index >= 15 is 0 Å². The summed E-state index contributed by atoms with van der Waals surface area (Å²) >= 11 is 3.47. The normalized spacial score (nSPS) is 11.0. The van der Waals surface area contributed by atoms with Crippen LogP contribution in [0.2, 0.25) is 0 Å². The molecule has 90 valence electrons. The van der Waals surface area contributed by atoms with Gasteiger partial charge >= 0.3 is 5.97 Å². The van der Waals surface area contributed by atoms with E-state index in [1.807, 2.05) is 20.0 Å². The quantitative estimate of drug-likeness (QED) is 0.941. The zero-order chi connectivity index (χ0) is 12.6. The SMILES string of the molecule is Cc1c(CCC(=O)O)cc(Br)c2c1nnn2C. The zero-order valence-electron chi connectivity index (χ0n) is 9.57.